The van der Waals surface area contributed by atoms with E-state index in [-0.39, 0.29) is 11.8 Å². The van der Waals surface area contributed by atoms with Gasteiger partial charge in [0.05, 0.1) is 13.2 Å². The van der Waals surface area contributed by atoms with Crippen molar-refractivity contribution in [1.29, 1.82) is 0 Å². The Bertz CT molecular complexity index is 551. The third-order valence-electron chi connectivity index (χ3n) is 4.01. The van der Waals surface area contributed by atoms with Crippen LogP contribution in [-0.2, 0) is 20.7 Å². The van der Waals surface area contributed by atoms with Gasteiger partial charge in [-0.2, -0.15) is 0 Å². The first-order valence-corrected chi connectivity index (χ1v) is 8.19. The lowest BCUT2D eigenvalue weighted by Gasteiger charge is -2.33. The summed E-state index contributed by atoms with van der Waals surface area (Å²) in [7, 11) is 0. The second-order valence-electron chi connectivity index (χ2n) is 6.16. The summed E-state index contributed by atoms with van der Waals surface area (Å²) in [5.41, 5.74) is 0.0177. The van der Waals surface area contributed by atoms with Crippen LogP contribution in [0.5, 0.6) is 0 Å². The molecule has 2 amide bonds. The number of rotatable bonds is 5. The van der Waals surface area contributed by atoms with E-state index in [2.05, 4.69) is 5.32 Å². The average Bonchev–Trinajstić information content (AvgIpc) is 2.56. The molecule has 126 valence electrons. The van der Waals surface area contributed by atoms with Crippen LogP contribution in [0.15, 0.2) is 24.3 Å². The van der Waals surface area contributed by atoms with E-state index in [1.807, 2.05) is 24.3 Å². The fraction of sp³-hybridized carbons (Fsp3) is 0.529. The summed E-state index contributed by atoms with van der Waals surface area (Å²) in [5, 5.41) is 3.55. The number of morpholine rings is 1. The van der Waals surface area contributed by atoms with Gasteiger partial charge in [0.2, 0.25) is 11.8 Å². The maximum absolute atomic E-state index is 12.5. The number of hydrogen-bond acceptors (Lipinski definition) is 3. The minimum atomic E-state index is -1.07. The molecule has 1 aromatic carbocycles. The highest BCUT2D eigenvalue weighted by atomic mass is 35.5. The fourth-order valence-electron chi connectivity index (χ4n) is 2.45. The standard InChI is InChI=1S/C17H23ClN2O3/c1-17(2,16(22)20-9-11-23-12-10-20)15(21)19-8-7-13-3-5-14(18)6-4-13/h3-6H,7-12H2,1-2H3,(H,19,21). The second-order valence-corrected chi connectivity index (χ2v) is 6.60. The van der Waals surface area contributed by atoms with E-state index in [9.17, 15) is 9.59 Å². The van der Waals surface area contributed by atoms with Gasteiger partial charge in [-0.3, -0.25) is 9.59 Å². The number of amides is 2. The Morgan fingerprint density at radius 2 is 1.83 bits per heavy atom. The van der Waals surface area contributed by atoms with Gasteiger partial charge in [0.1, 0.15) is 5.41 Å². The zero-order chi connectivity index (χ0) is 16.9. The molecule has 1 aliphatic heterocycles. The third kappa shape index (κ3) is 4.69. The van der Waals surface area contributed by atoms with Crippen LogP contribution in [0.1, 0.15) is 19.4 Å². The van der Waals surface area contributed by atoms with Gasteiger partial charge in [0, 0.05) is 24.7 Å². The van der Waals surface area contributed by atoms with E-state index >= 15 is 0 Å². The highest BCUT2D eigenvalue weighted by molar-refractivity contribution is 6.30. The van der Waals surface area contributed by atoms with Crippen molar-refractivity contribution < 1.29 is 14.3 Å². The van der Waals surface area contributed by atoms with Crippen LogP contribution in [0.3, 0.4) is 0 Å². The Labute approximate surface area is 141 Å². The normalized spacial score (nSPS) is 15.3. The fourth-order valence-corrected chi connectivity index (χ4v) is 2.58. The van der Waals surface area contributed by atoms with Crippen molar-refractivity contribution in [2.45, 2.75) is 20.3 Å². The number of nitrogens with zero attached hydrogens (tertiary/aromatic N) is 1. The van der Waals surface area contributed by atoms with Gasteiger partial charge in [0.25, 0.3) is 0 Å². The molecule has 1 saturated heterocycles. The van der Waals surface area contributed by atoms with Gasteiger partial charge in [-0.05, 0) is 38.0 Å². The lowest BCUT2D eigenvalue weighted by molar-refractivity contribution is -0.151. The van der Waals surface area contributed by atoms with Gasteiger partial charge in [-0.1, -0.05) is 23.7 Å². The van der Waals surface area contributed by atoms with E-state index in [1.165, 1.54) is 0 Å². The maximum Gasteiger partial charge on any atom is 0.237 e. The predicted octanol–water partition coefficient (Wildman–Crippen LogP) is 1.88. The summed E-state index contributed by atoms with van der Waals surface area (Å²) in [6.07, 6.45) is 0.699. The Morgan fingerprint density at radius 3 is 2.43 bits per heavy atom. The highest BCUT2D eigenvalue weighted by Crippen LogP contribution is 2.20. The molecule has 0 atom stereocenters. The lowest BCUT2D eigenvalue weighted by Crippen LogP contribution is -2.52. The largest absolute Gasteiger partial charge is 0.378 e. The smallest absolute Gasteiger partial charge is 0.237 e. The predicted molar refractivity (Wildman–Crippen MR) is 89.3 cm³/mol. The summed E-state index contributed by atoms with van der Waals surface area (Å²) >= 11 is 5.84. The van der Waals surface area contributed by atoms with Gasteiger partial charge < -0.3 is 15.0 Å². The maximum atomic E-state index is 12.5. The number of benzene rings is 1. The summed E-state index contributed by atoms with van der Waals surface area (Å²) in [4.78, 5) is 26.6. The molecule has 0 spiro atoms. The minimum absolute atomic E-state index is 0.148. The van der Waals surface area contributed by atoms with Crippen molar-refractivity contribution >= 4 is 23.4 Å². The zero-order valence-corrected chi connectivity index (χ0v) is 14.4. The zero-order valence-electron chi connectivity index (χ0n) is 13.6. The third-order valence-corrected chi connectivity index (χ3v) is 4.27. The molecular weight excluding hydrogens is 316 g/mol. The van der Waals surface area contributed by atoms with Crippen LogP contribution < -0.4 is 5.32 Å². The molecule has 6 heteroatoms. The van der Waals surface area contributed by atoms with Gasteiger partial charge in [0.15, 0.2) is 0 Å². The van der Waals surface area contributed by atoms with Gasteiger partial charge in [-0.15, -0.1) is 0 Å². The SMILES string of the molecule is CC(C)(C(=O)NCCc1ccc(Cl)cc1)C(=O)N1CCOCC1. The molecular formula is C17H23ClN2O3. The molecule has 0 radical (unpaired) electrons. The molecule has 0 saturated carbocycles. The first kappa shape index (κ1) is 17.8. The van der Waals surface area contributed by atoms with E-state index in [1.54, 1.807) is 18.7 Å². The molecule has 1 N–H and O–H groups in total. The summed E-state index contributed by atoms with van der Waals surface area (Å²) in [5.74, 6) is -0.396. The molecule has 0 aliphatic carbocycles. The van der Waals surface area contributed by atoms with Crippen LogP contribution >= 0.6 is 11.6 Å². The average molecular weight is 339 g/mol. The first-order chi connectivity index (χ1) is 10.9. The Balaban J connectivity index is 1.85. The molecule has 2 rings (SSSR count). The molecule has 5 nitrogen and oxygen atoms in total. The number of hydrogen-bond donors (Lipinski definition) is 1. The molecule has 1 aromatic rings. The quantitative estimate of drug-likeness (QED) is 0.834. The van der Waals surface area contributed by atoms with E-state index in [4.69, 9.17) is 16.3 Å². The van der Waals surface area contributed by atoms with Crippen molar-refractivity contribution in [1.82, 2.24) is 10.2 Å². The van der Waals surface area contributed by atoms with Crippen LogP contribution in [0, 0.1) is 5.41 Å². The molecule has 1 aliphatic rings. The summed E-state index contributed by atoms with van der Waals surface area (Å²) in [6.45, 7) is 5.96. The number of carbonyl (C=O) groups is 2. The van der Waals surface area contributed by atoms with Crippen molar-refractivity contribution in [2.24, 2.45) is 5.41 Å². The van der Waals surface area contributed by atoms with Crippen LogP contribution in [0.25, 0.3) is 0 Å². The molecule has 0 unspecified atom stereocenters. The molecule has 0 bridgehead atoms. The topological polar surface area (TPSA) is 58.6 Å². The molecule has 1 heterocycles. The number of carbonyl (C=O) groups excluding carboxylic acids is 2. The molecule has 0 aromatic heterocycles. The van der Waals surface area contributed by atoms with E-state index in [0.29, 0.717) is 44.3 Å². The van der Waals surface area contributed by atoms with Crippen molar-refractivity contribution in [2.75, 3.05) is 32.8 Å². The first-order valence-electron chi connectivity index (χ1n) is 7.81. The molecule has 23 heavy (non-hydrogen) atoms. The Morgan fingerprint density at radius 1 is 1.22 bits per heavy atom. The Kier molecular flexibility index (Phi) is 6.02. The number of halogens is 1. The lowest BCUT2D eigenvalue weighted by atomic mass is 9.90. The van der Waals surface area contributed by atoms with Gasteiger partial charge >= 0.3 is 0 Å². The van der Waals surface area contributed by atoms with E-state index < -0.39 is 5.41 Å². The minimum Gasteiger partial charge on any atom is -0.378 e. The van der Waals surface area contributed by atoms with Crippen LogP contribution in [0.2, 0.25) is 5.02 Å². The Hall–Kier alpha value is -1.59. The molecule has 1 fully saturated rings. The number of ether oxygens (including phenoxy) is 1. The summed E-state index contributed by atoms with van der Waals surface area (Å²) < 4.78 is 5.24. The van der Waals surface area contributed by atoms with Gasteiger partial charge in [-0.25, -0.2) is 0 Å². The van der Waals surface area contributed by atoms with E-state index in [0.717, 1.165) is 5.56 Å². The van der Waals surface area contributed by atoms with Crippen LogP contribution in [-0.4, -0.2) is 49.6 Å². The monoisotopic (exact) mass is 338 g/mol. The second kappa shape index (κ2) is 7.79. The highest BCUT2D eigenvalue weighted by Gasteiger charge is 2.39. The van der Waals surface area contributed by atoms with Crippen molar-refractivity contribution in [3.63, 3.8) is 0 Å². The number of nitrogens with one attached hydrogen (secondary N) is 1. The summed E-state index contributed by atoms with van der Waals surface area (Å²) in [6, 6.07) is 7.51. The van der Waals surface area contributed by atoms with Crippen LogP contribution in [0.4, 0.5) is 0 Å². The van der Waals surface area contributed by atoms with Crippen molar-refractivity contribution in [3.05, 3.63) is 34.9 Å². The van der Waals surface area contributed by atoms with Crippen molar-refractivity contribution in [3.8, 4) is 0 Å².